The summed E-state index contributed by atoms with van der Waals surface area (Å²) in [5, 5.41) is 11.2. The summed E-state index contributed by atoms with van der Waals surface area (Å²) in [6, 6.07) is -1.01. The molecule has 6 heteroatoms. The Labute approximate surface area is 102 Å². The van der Waals surface area contributed by atoms with Crippen LogP contribution in [0.25, 0.3) is 0 Å². The maximum atomic E-state index is 11.8. The van der Waals surface area contributed by atoms with Crippen molar-refractivity contribution in [1.29, 1.82) is 0 Å². The molecule has 17 heavy (non-hydrogen) atoms. The third-order valence-corrected chi connectivity index (χ3v) is 3.18. The van der Waals surface area contributed by atoms with Gasteiger partial charge >= 0.3 is 12.0 Å². The number of nitrogens with zero attached hydrogens (tertiary/aromatic N) is 2. The van der Waals surface area contributed by atoms with Gasteiger partial charge in [0, 0.05) is 19.6 Å². The molecule has 0 saturated carbocycles. The normalized spacial score (nSPS) is 22.9. The molecule has 1 aliphatic rings. The SMILES string of the molecule is CC(NC(=O)N(C)C1CCCN(C)C1)C(=O)O. The highest BCUT2D eigenvalue weighted by Gasteiger charge is 2.26. The van der Waals surface area contributed by atoms with Crippen LogP contribution in [0.4, 0.5) is 4.79 Å². The first-order chi connectivity index (χ1) is 7.91. The van der Waals surface area contributed by atoms with Crippen LogP contribution in [0.5, 0.6) is 0 Å². The Morgan fingerprint density at radius 3 is 2.71 bits per heavy atom. The standard InChI is InChI=1S/C11H21N3O3/c1-8(10(15)16)12-11(17)14(3)9-5-4-6-13(2)7-9/h8-9H,4-7H2,1-3H3,(H,12,17)(H,15,16). The van der Waals surface area contributed by atoms with E-state index in [1.54, 1.807) is 11.9 Å². The highest BCUT2D eigenvalue weighted by molar-refractivity contribution is 5.82. The van der Waals surface area contributed by atoms with E-state index >= 15 is 0 Å². The number of carbonyl (C=O) groups is 2. The lowest BCUT2D eigenvalue weighted by Gasteiger charge is -2.36. The molecule has 2 atom stereocenters. The summed E-state index contributed by atoms with van der Waals surface area (Å²) >= 11 is 0. The number of rotatable bonds is 3. The monoisotopic (exact) mass is 243 g/mol. The number of carbonyl (C=O) groups excluding carboxylic acids is 1. The molecule has 0 aromatic heterocycles. The fourth-order valence-corrected chi connectivity index (χ4v) is 1.97. The van der Waals surface area contributed by atoms with Gasteiger partial charge in [0.15, 0.2) is 0 Å². The molecular formula is C11H21N3O3. The minimum absolute atomic E-state index is 0.162. The number of likely N-dealkylation sites (N-methyl/N-ethyl adjacent to an activating group) is 2. The van der Waals surface area contributed by atoms with E-state index in [4.69, 9.17) is 5.11 Å². The van der Waals surface area contributed by atoms with Gasteiger partial charge < -0.3 is 20.2 Å². The summed E-state index contributed by atoms with van der Waals surface area (Å²) in [5.74, 6) is -1.02. The van der Waals surface area contributed by atoms with Crippen molar-refractivity contribution in [2.45, 2.75) is 31.8 Å². The number of carboxylic acids is 1. The number of piperidine rings is 1. The third kappa shape index (κ3) is 3.89. The first kappa shape index (κ1) is 13.8. The summed E-state index contributed by atoms with van der Waals surface area (Å²) < 4.78 is 0. The number of hydrogen-bond acceptors (Lipinski definition) is 3. The zero-order valence-electron chi connectivity index (χ0n) is 10.6. The zero-order chi connectivity index (χ0) is 13.0. The first-order valence-corrected chi connectivity index (χ1v) is 5.86. The molecule has 0 aliphatic carbocycles. The molecule has 1 saturated heterocycles. The molecular weight excluding hydrogens is 222 g/mol. The first-order valence-electron chi connectivity index (χ1n) is 5.86. The molecule has 0 spiro atoms. The van der Waals surface area contributed by atoms with Gasteiger partial charge in [-0.3, -0.25) is 4.79 Å². The van der Waals surface area contributed by atoms with Gasteiger partial charge in [0.05, 0.1) is 0 Å². The summed E-state index contributed by atoms with van der Waals surface area (Å²) in [6.07, 6.45) is 2.03. The zero-order valence-corrected chi connectivity index (χ0v) is 10.6. The van der Waals surface area contributed by atoms with Crippen LogP contribution in [0.1, 0.15) is 19.8 Å². The Balaban J connectivity index is 2.48. The number of urea groups is 1. The Kier molecular flexibility index (Phi) is 4.74. The van der Waals surface area contributed by atoms with E-state index in [1.807, 2.05) is 7.05 Å². The smallest absolute Gasteiger partial charge is 0.325 e. The quantitative estimate of drug-likeness (QED) is 0.742. The lowest BCUT2D eigenvalue weighted by atomic mass is 10.1. The number of nitrogens with one attached hydrogen (secondary N) is 1. The maximum Gasteiger partial charge on any atom is 0.325 e. The van der Waals surface area contributed by atoms with E-state index in [9.17, 15) is 9.59 Å². The molecule has 1 heterocycles. The molecule has 98 valence electrons. The molecule has 1 aliphatic heterocycles. The number of aliphatic carboxylic acids is 1. The van der Waals surface area contributed by atoms with Crippen molar-refractivity contribution in [3.8, 4) is 0 Å². The molecule has 0 bridgehead atoms. The van der Waals surface area contributed by atoms with E-state index in [2.05, 4.69) is 10.2 Å². The van der Waals surface area contributed by atoms with Crippen LogP contribution >= 0.6 is 0 Å². The van der Waals surface area contributed by atoms with Gasteiger partial charge in [-0.1, -0.05) is 0 Å². The van der Waals surface area contributed by atoms with Crippen molar-refractivity contribution in [2.75, 3.05) is 27.2 Å². The highest BCUT2D eigenvalue weighted by Crippen LogP contribution is 2.13. The molecule has 0 aromatic carbocycles. The molecule has 2 unspecified atom stereocenters. The van der Waals surface area contributed by atoms with Crippen molar-refractivity contribution in [1.82, 2.24) is 15.1 Å². The number of amides is 2. The van der Waals surface area contributed by atoms with Gasteiger partial charge in [-0.05, 0) is 33.4 Å². The van der Waals surface area contributed by atoms with Crippen molar-refractivity contribution in [3.63, 3.8) is 0 Å². The highest BCUT2D eigenvalue weighted by atomic mass is 16.4. The molecule has 0 radical (unpaired) electrons. The third-order valence-electron chi connectivity index (χ3n) is 3.18. The maximum absolute atomic E-state index is 11.8. The topological polar surface area (TPSA) is 72.9 Å². The van der Waals surface area contributed by atoms with E-state index in [0.29, 0.717) is 0 Å². The van der Waals surface area contributed by atoms with Crippen LogP contribution < -0.4 is 5.32 Å². The summed E-state index contributed by atoms with van der Waals surface area (Å²) in [6.45, 7) is 3.35. The largest absolute Gasteiger partial charge is 0.480 e. The average Bonchev–Trinajstić information content (AvgIpc) is 2.27. The molecule has 2 N–H and O–H groups in total. The lowest BCUT2D eigenvalue weighted by Crippen LogP contribution is -2.53. The second kappa shape index (κ2) is 5.86. The van der Waals surface area contributed by atoms with Gasteiger partial charge in [0.2, 0.25) is 0 Å². The summed E-state index contributed by atoms with van der Waals surface area (Å²) in [4.78, 5) is 26.2. The van der Waals surface area contributed by atoms with Crippen molar-refractivity contribution >= 4 is 12.0 Å². The van der Waals surface area contributed by atoms with Crippen LogP contribution in [0.15, 0.2) is 0 Å². The predicted octanol–water partition coefficient (Wildman–Crippen LogP) is 0.195. The second-order valence-corrected chi connectivity index (χ2v) is 4.68. The predicted molar refractivity (Wildman–Crippen MR) is 63.9 cm³/mol. The fraction of sp³-hybridized carbons (Fsp3) is 0.818. The van der Waals surface area contributed by atoms with Gasteiger partial charge in [0.1, 0.15) is 6.04 Å². The van der Waals surface area contributed by atoms with Crippen molar-refractivity contribution in [2.24, 2.45) is 0 Å². The summed E-state index contributed by atoms with van der Waals surface area (Å²) in [7, 11) is 3.74. The Hall–Kier alpha value is -1.30. The molecule has 6 nitrogen and oxygen atoms in total. The van der Waals surface area contributed by atoms with Crippen LogP contribution in [0.2, 0.25) is 0 Å². The molecule has 1 rings (SSSR count). The average molecular weight is 243 g/mol. The van der Waals surface area contributed by atoms with Gasteiger partial charge in [-0.2, -0.15) is 0 Å². The van der Waals surface area contributed by atoms with Crippen LogP contribution in [0.3, 0.4) is 0 Å². The molecule has 1 fully saturated rings. The Morgan fingerprint density at radius 2 is 2.18 bits per heavy atom. The van der Waals surface area contributed by atoms with Crippen LogP contribution in [0, 0.1) is 0 Å². The minimum atomic E-state index is -1.02. The lowest BCUT2D eigenvalue weighted by molar-refractivity contribution is -0.138. The minimum Gasteiger partial charge on any atom is -0.480 e. The number of carboxylic acid groups (broad SMARTS) is 1. The molecule has 0 aromatic rings. The number of likely N-dealkylation sites (tertiary alicyclic amines) is 1. The summed E-state index contributed by atoms with van der Waals surface area (Å²) in [5.41, 5.74) is 0. The van der Waals surface area contributed by atoms with Crippen LogP contribution in [-0.2, 0) is 4.79 Å². The second-order valence-electron chi connectivity index (χ2n) is 4.68. The van der Waals surface area contributed by atoms with E-state index in [1.165, 1.54) is 6.92 Å². The van der Waals surface area contributed by atoms with Crippen molar-refractivity contribution in [3.05, 3.63) is 0 Å². The van der Waals surface area contributed by atoms with Crippen molar-refractivity contribution < 1.29 is 14.7 Å². The van der Waals surface area contributed by atoms with E-state index in [-0.39, 0.29) is 12.1 Å². The van der Waals surface area contributed by atoms with Gasteiger partial charge in [-0.15, -0.1) is 0 Å². The number of hydrogen-bond donors (Lipinski definition) is 2. The Bertz CT molecular complexity index is 296. The Morgan fingerprint density at radius 1 is 1.53 bits per heavy atom. The van der Waals surface area contributed by atoms with E-state index < -0.39 is 12.0 Å². The van der Waals surface area contributed by atoms with Gasteiger partial charge in [-0.25, -0.2) is 4.79 Å². The fourth-order valence-electron chi connectivity index (χ4n) is 1.97. The van der Waals surface area contributed by atoms with Gasteiger partial charge in [0.25, 0.3) is 0 Å². The van der Waals surface area contributed by atoms with Crippen LogP contribution in [-0.4, -0.2) is 66.2 Å². The molecule has 2 amide bonds. The van der Waals surface area contributed by atoms with E-state index in [0.717, 1.165) is 25.9 Å².